The number of hydrogen-bond acceptors (Lipinski definition) is 6. The fourth-order valence-electron chi connectivity index (χ4n) is 5.16. The summed E-state index contributed by atoms with van der Waals surface area (Å²) >= 11 is 0. The minimum absolute atomic E-state index is 0.0753. The first-order valence-electron chi connectivity index (χ1n) is 13.3. The van der Waals surface area contributed by atoms with Crippen LogP contribution in [0.1, 0.15) is 62.3 Å². The van der Waals surface area contributed by atoms with E-state index in [4.69, 9.17) is 14.5 Å². The first-order valence-corrected chi connectivity index (χ1v) is 13.3. The minimum Gasteiger partial charge on any atom is -0.491 e. The van der Waals surface area contributed by atoms with Crippen molar-refractivity contribution in [1.82, 2.24) is 9.88 Å². The van der Waals surface area contributed by atoms with Gasteiger partial charge in [0, 0.05) is 38.4 Å². The Bertz CT molecular complexity index is 1030. The number of aliphatic carboxylic acids is 1. The van der Waals surface area contributed by atoms with E-state index in [1.807, 2.05) is 38.1 Å². The minimum atomic E-state index is -0.769. The van der Waals surface area contributed by atoms with Crippen LogP contribution in [0.15, 0.2) is 36.4 Å². The average Bonchev–Trinajstić information content (AvgIpc) is 3.33. The number of methoxy groups -OCH3 is 1. The van der Waals surface area contributed by atoms with Crippen LogP contribution in [0.2, 0.25) is 0 Å². The molecular formula is C29H41N3O4. The molecule has 2 aliphatic heterocycles. The monoisotopic (exact) mass is 495 g/mol. The van der Waals surface area contributed by atoms with Gasteiger partial charge < -0.3 is 24.8 Å². The van der Waals surface area contributed by atoms with E-state index >= 15 is 0 Å². The number of fused-ring (bicyclic) bond motifs is 1. The van der Waals surface area contributed by atoms with E-state index in [0.717, 1.165) is 69.0 Å². The lowest BCUT2D eigenvalue weighted by Gasteiger charge is -2.25. The van der Waals surface area contributed by atoms with Crippen LogP contribution < -0.4 is 10.1 Å². The fraction of sp³-hybridized carbons (Fsp3) is 0.586. The molecule has 1 saturated heterocycles. The highest BCUT2D eigenvalue weighted by molar-refractivity contribution is 5.68. The number of pyridine rings is 1. The molecular weight excluding hydrogens is 454 g/mol. The average molecular weight is 496 g/mol. The molecule has 2 aromatic rings. The summed E-state index contributed by atoms with van der Waals surface area (Å²) < 4.78 is 11.4. The van der Waals surface area contributed by atoms with Crippen molar-refractivity contribution in [3.8, 4) is 5.75 Å². The molecule has 1 aromatic carbocycles. The number of hydrogen-bond donors (Lipinski definition) is 2. The zero-order valence-electron chi connectivity index (χ0n) is 22.0. The fourth-order valence-corrected chi connectivity index (χ4v) is 5.16. The van der Waals surface area contributed by atoms with Gasteiger partial charge in [0.25, 0.3) is 0 Å². The highest BCUT2D eigenvalue weighted by Crippen LogP contribution is 2.29. The molecule has 2 atom stereocenters. The van der Waals surface area contributed by atoms with Gasteiger partial charge in [-0.15, -0.1) is 0 Å². The Kier molecular flexibility index (Phi) is 8.86. The van der Waals surface area contributed by atoms with E-state index in [9.17, 15) is 9.90 Å². The largest absolute Gasteiger partial charge is 0.491 e. The Labute approximate surface area is 215 Å². The third-order valence-corrected chi connectivity index (χ3v) is 7.50. The van der Waals surface area contributed by atoms with Gasteiger partial charge in [0.05, 0.1) is 12.0 Å². The van der Waals surface area contributed by atoms with Gasteiger partial charge in [-0.2, -0.15) is 0 Å². The number of carboxylic acid groups (broad SMARTS) is 1. The summed E-state index contributed by atoms with van der Waals surface area (Å²) in [6.07, 6.45) is 5.66. The maximum atomic E-state index is 11.7. The molecule has 0 amide bonds. The second-order valence-electron chi connectivity index (χ2n) is 10.9. The number of anilines is 1. The van der Waals surface area contributed by atoms with E-state index in [-0.39, 0.29) is 17.9 Å². The van der Waals surface area contributed by atoms with Crippen LogP contribution in [0, 0.1) is 5.92 Å². The highest BCUT2D eigenvalue weighted by atomic mass is 16.5. The molecule has 1 aromatic heterocycles. The first-order chi connectivity index (χ1) is 17.3. The molecule has 0 radical (unpaired) electrons. The van der Waals surface area contributed by atoms with Gasteiger partial charge in [0.2, 0.25) is 0 Å². The maximum absolute atomic E-state index is 11.7. The van der Waals surface area contributed by atoms with E-state index in [1.165, 1.54) is 17.7 Å². The van der Waals surface area contributed by atoms with E-state index in [0.29, 0.717) is 12.5 Å². The predicted molar refractivity (Wildman–Crippen MR) is 142 cm³/mol. The van der Waals surface area contributed by atoms with Crippen LogP contribution >= 0.6 is 0 Å². The van der Waals surface area contributed by atoms with Crippen LogP contribution in [-0.2, 0) is 22.4 Å². The third-order valence-electron chi connectivity index (χ3n) is 7.50. The van der Waals surface area contributed by atoms with Crippen LogP contribution in [0.5, 0.6) is 5.75 Å². The summed E-state index contributed by atoms with van der Waals surface area (Å²) in [6.45, 7) is 8.17. The van der Waals surface area contributed by atoms with Crippen molar-refractivity contribution in [3.63, 3.8) is 0 Å². The molecule has 2 aliphatic rings. The Morgan fingerprint density at radius 2 is 2.17 bits per heavy atom. The molecule has 2 N–H and O–H groups in total. The Morgan fingerprint density at radius 1 is 1.31 bits per heavy atom. The molecule has 0 saturated carbocycles. The number of carbonyl (C=O) groups is 1. The third kappa shape index (κ3) is 7.43. The van der Waals surface area contributed by atoms with Crippen molar-refractivity contribution in [2.24, 2.45) is 5.92 Å². The van der Waals surface area contributed by atoms with Crippen molar-refractivity contribution in [2.75, 3.05) is 45.2 Å². The van der Waals surface area contributed by atoms with Gasteiger partial charge in [0.15, 0.2) is 0 Å². The van der Waals surface area contributed by atoms with Crippen molar-refractivity contribution in [2.45, 2.75) is 63.9 Å². The number of carboxylic acids is 1. The molecule has 1 unspecified atom stereocenters. The normalized spacial score (nSPS) is 18.9. The smallest absolute Gasteiger partial charge is 0.304 e. The van der Waals surface area contributed by atoms with Crippen LogP contribution in [0.4, 0.5) is 5.82 Å². The number of nitrogens with zero attached hydrogens (tertiary/aromatic N) is 2. The van der Waals surface area contributed by atoms with Gasteiger partial charge in [-0.25, -0.2) is 4.98 Å². The first kappa shape index (κ1) is 26.4. The zero-order chi connectivity index (χ0) is 25.5. The standard InChI is InChI=1S/C29H41N3O4/c1-29(2,35-3)20-36-26-8-4-6-23(16-26)24(17-27(33)34)19-32-15-13-21(18-32)9-11-25-12-10-22-7-5-14-30-28(22)31-25/h4,6,8,10,12,16,21,24H,5,7,9,11,13-15,17-20H2,1-3H3,(H,30,31)(H,33,34)/t21-,24?/m1/s1. The van der Waals surface area contributed by atoms with Gasteiger partial charge >= 0.3 is 5.97 Å². The lowest BCUT2D eigenvalue weighted by Crippen LogP contribution is -2.31. The Hall–Kier alpha value is -2.64. The van der Waals surface area contributed by atoms with Crippen molar-refractivity contribution >= 4 is 11.8 Å². The molecule has 1 fully saturated rings. The zero-order valence-corrected chi connectivity index (χ0v) is 22.0. The maximum Gasteiger partial charge on any atom is 0.304 e. The van der Waals surface area contributed by atoms with E-state index in [1.54, 1.807) is 7.11 Å². The van der Waals surface area contributed by atoms with E-state index < -0.39 is 5.97 Å². The van der Waals surface area contributed by atoms with Gasteiger partial charge in [-0.1, -0.05) is 18.2 Å². The number of nitrogens with one attached hydrogen (secondary N) is 1. The number of ether oxygens (including phenoxy) is 2. The van der Waals surface area contributed by atoms with Crippen molar-refractivity contribution in [1.29, 1.82) is 0 Å². The molecule has 7 nitrogen and oxygen atoms in total. The predicted octanol–water partition coefficient (Wildman–Crippen LogP) is 4.76. The molecule has 4 rings (SSSR count). The molecule has 0 spiro atoms. The quantitative estimate of drug-likeness (QED) is 0.439. The summed E-state index contributed by atoms with van der Waals surface area (Å²) in [4.78, 5) is 19.0. The molecule has 7 heteroatoms. The molecule has 3 heterocycles. The summed E-state index contributed by atoms with van der Waals surface area (Å²) in [5, 5.41) is 13.0. The molecule has 0 aliphatic carbocycles. The second kappa shape index (κ2) is 12.1. The number of rotatable bonds is 12. The highest BCUT2D eigenvalue weighted by Gasteiger charge is 2.27. The lowest BCUT2D eigenvalue weighted by molar-refractivity contribution is -0.137. The number of aromatic nitrogens is 1. The summed E-state index contributed by atoms with van der Waals surface area (Å²) in [5.74, 6) is 1.59. The van der Waals surface area contributed by atoms with E-state index in [2.05, 4.69) is 22.3 Å². The molecule has 0 bridgehead atoms. The van der Waals surface area contributed by atoms with Crippen molar-refractivity contribution in [3.05, 3.63) is 53.2 Å². The Morgan fingerprint density at radius 3 is 2.97 bits per heavy atom. The van der Waals surface area contributed by atoms with Crippen LogP contribution in [0.25, 0.3) is 0 Å². The van der Waals surface area contributed by atoms with Crippen LogP contribution in [0.3, 0.4) is 0 Å². The topological polar surface area (TPSA) is 83.9 Å². The van der Waals surface area contributed by atoms with Crippen LogP contribution in [-0.4, -0.2) is 66.5 Å². The van der Waals surface area contributed by atoms with Gasteiger partial charge in [0.1, 0.15) is 18.2 Å². The SMILES string of the molecule is COC(C)(C)COc1cccc(C(CC(=O)O)CN2CC[C@@H](CCc3ccc4c(n3)NCCC4)C2)c1. The summed E-state index contributed by atoms with van der Waals surface area (Å²) in [5.41, 5.74) is 3.13. The molecule has 36 heavy (non-hydrogen) atoms. The lowest BCUT2D eigenvalue weighted by atomic mass is 9.94. The number of likely N-dealkylation sites (tertiary alicyclic amines) is 1. The van der Waals surface area contributed by atoms with Gasteiger partial charge in [-0.3, -0.25) is 4.79 Å². The number of benzene rings is 1. The summed E-state index contributed by atoms with van der Waals surface area (Å²) in [6, 6.07) is 12.3. The molecule has 196 valence electrons. The van der Waals surface area contributed by atoms with Gasteiger partial charge in [-0.05, 0) is 87.7 Å². The number of aryl methyl sites for hydroxylation is 2. The summed E-state index contributed by atoms with van der Waals surface area (Å²) in [7, 11) is 1.67. The Balaban J connectivity index is 1.32. The van der Waals surface area contributed by atoms with Crippen molar-refractivity contribution < 1.29 is 19.4 Å². The second-order valence-corrected chi connectivity index (χ2v) is 10.9.